The van der Waals surface area contributed by atoms with Crippen LogP contribution in [0.4, 0.5) is 0 Å². The van der Waals surface area contributed by atoms with E-state index in [-0.39, 0.29) is 27.8 Å². The Bertz CT molecular complexity index is 1010. The molecule has 1 aliphatic rings. The molecule has 1 N–H and O–H groups in total. The van der Waals surface area contributed by atoms with Gasteiger partial charge in [-0.25, -0.2) is 13.1 Å². The van der Waals surface area contributed by atoms with Gasteiger partial charge in [-0.15, -0.1) is 0 Å². The van der Waals surface area contributed by atoms with Gasteiger partial charge >= 0.3 is 0 Å². The average Bonchev–Trinajstić information content (AvgIpc) is 2.93. The summed E-state index contributed by atoms with van der Waals surface area (Å²) in [6.45, 7) is 5.74. The quantitative estimate of drug-likeness (QED) is 0.771. The van der Waals surface area contributed by atoms with Crippen LogP contribution in [0.5, 0.6) is 5.88 Å². The van der Waals surface area contributed by atoms with Crippen molar-refractivity contribution in [1.29, 1.82) is 0 Å². The smallest absolute Gasteiger partial charge is 0.220 e. The van der Waals surface area contributed by atoms with E-state index in [1.807, 2.05) is 13.8 Å². The van der Waals surface area contributed by atoms with Crippen LogP contribution in [0.3, 0.4) is 0 Å². The molecule has 0 fully saturated rings. The van der Waals surface area contributed by atoms with Crippen molar-refractivity contribution in [1.82, 2.24) is 9.78 Å². The zero-order valence-corrected chi connectivity index (χ0v) is 16.8. The molecule has 1 unspecified atom stereocenters. The van der Waals surface area contributed by atoms with Crippen LogP contribution in [-0.4, -0.2) is 34.3 Å². The number of aromatic nitrogens is 2. The summed E-state index contributed by atoms with van der Waals surface area (Å²) in [5, 5.41) is 13.0. The summed E-state index contributed by atoms with van der Waals surface area (Å²) in [6, 6.07) is 2.97. The number of halogens is 2. The number of aromatic hydroxyl groups is 1. The highest BCUT2D eigenvalue weighted by atomic mass is 35.5. The molecule has 2 heterocycles. The standard InChI is InChI=1S/C17H18Cl2N2O4S/c1-4-21-16(23)9(8-20-21)14(22)12-7-17(2,3)13-10(18)5-6-11(19)15(13)26(12,24)25/h5-6,8,12,23H,4,7H2,1-3H3. The molecule has 0 radical (unpaired) electrons. The van der Waals surface area contributed by atoms with Crippen LogP contribution in [0, 0.1) is 0 Å². The van der Waals surface area contributed by atoms with Crippen LogP contribution < -0.4 is 0 Å². The van der Waals surface area contributed by atoms with Gasteiger partial charge in [-0.3, -0.25) is 4.79 Å². The largest absolute Gasteiger partial charge is 0.493 e. The van der Waals surface area contributed by atoms with Crippen LogP contribution in [0.2, 0.25) is 10.0 Å². The Morgan fingerprint density at radius 1 is 1.35 bits per heavy atom. The highest BCUT2D eigenvalue weighted by Crippen LogP contribution is 2.48. The van der Waals surface area contributed by atoms with E-state index in [1.165, 1.54) is 16.9 Å². The van der Waals surface area contributed by atoms with E-state index in [0.717, 1.165) is 0 Å². The number of hydrogen-bond acceptors (Lipinski definition) is 5. The number of fused-ring (bicyclic) bond motifs is 1. The summed E-state index contributed by atoms with van der Waals surface area (Å²) in [6.07, 6.45) is 1.22. The van der Waals surface area contributed by atoms with E-state index < -0.39 is 26.3 Å². The number of carbonyl (C=O) groups is 1. The van der Waals surface area contributed by atoms with Crippen molar-refractivity contribution in [3.05, 3.63) is 39.5 Å². The summed E-state index contributed by atoms with van der Waals surface area (Å²) >= 11 is 12.4. The molecule has 0 spiro atoms. The molecule has 0 saturated heterocycles. The monoisotopic (exact) mass is 416 g/mol. The molecule has 0 amide bonds. The summed E-state index contributed by atoms with van der Waals surface area (Å²) < 4.78 is 27.6. The predicted octanol–water partition coefficient (Wildman–Crippen LogP) is 3.62. The van der Waals surface area contributed by atoms with Gasteiger partial charge in [0.05, 0.1) is 16.1 Å². The number of carbonyl (C=O) groups excluding carboxylic acids is 1. The minimum Gasteiger partial charge on any atom is -0.493 e. The first-order valence-electron chi connectivity index (χ1n) is 8.03. The van der Waals surface area contributed by atoms with Gasteiger partial charge in [0.25, 0.3) is 0 Å². The minimum atomic E-state index is -4.08. The lowest BCUT2D eigenvalue weighted by Gasteiger charge is -2.37. The molecule has 140 valence electrons. The Balaban J connectivity index is 2.20. The normalized spacial score (nSPS) is 20.6. The van der Waals surface area contributed by atoms with Crippen molar-refractivity contribution in [2.75, 3.05) is 0 Å². The number of nitrogens with zero attached hydrogens (tertiary/aromatic N) is 2. The highest BCUT2D eigenvalue weighted by molar-refractivity contribution is 7.93. The number of hydrogen-bond donors (Lipinski definition) is 1. The minimum absolute atomic E-state index is 0.0258. The van der Waals surface area contributed by atoms with Gasteiger partial charge in [0.15, 0.2) is 15.6 Å². The molecule has 0 aliphatic carbocycles. The number of ketones is 1. The first-order chi connectivity index (χ1) is 12.0. The molecule has 3 rings (SSSR count). The third-order valence-electron chi connectivity index (χ3n) is 4.76. The lowest BCUT2D eigenvalue weighted by atomic mass is 9.79. The molecule has 0 bridgehead atoms. The van der Waals surface area contributed by atoms with Crippen molar-refractivity contribution in [3.8, 4) is 5.88 Å². The van der Waals surface area contributed by atoms with Crippen LogP contribution >= 0.6 is 23.2 Å². The molecule has 2 aromatic rings. The number of rotatable bonds is 3. The topological polar surface area (TPSA) is 89.3 Å². The molecule has 6 nitrogen and oxygen atoms in total. The predicted molar refractivity (Wildman–Crippen MR) is 99.0 cm³/mol. The van der Waals surface area contributed by atoms with Gasteiger partial charge < -0.3 is 5.11 Å². The summed E-state index contributed by atoms with van der Waals surface area (Å²) in [4.78, 5) is 12.9. The highest BCUT2D eigenvalue weighted by Gasteiger charge is 2.49. The maximum absolute atomic E-state index is 13.2. The molecular formula is C17H18Cl2N2O4S. The van der Waals surface area contributed by atoms with Gasteiger partial charge in [-0.2, -0.15) is 5.10 Å². The van der Waals surface area contributed by atoms with Gasteiger partial charge in [-0.1, -0.05) is 37.0 Å². The van der Waals surface area contributed by atoms with Crippen molar-refractivity contribution >= 4 is 38.8 Å². The van der Waals surface area contributed by atoms with Crippen LogP contribution in [0.25, 0.3) is 0 Å². The molecular weight excluding hydrogens is 399 g/mol. The van der Waals surface area contributed by atoms with Crippen LogP contribution in [0.1, 0.15) is 43.1 Å². The Kier molecular flexibility index (Phi) is 4.61. The molecule has 1 aromatic carbocycles. The van der Waals surface area contributed by atoms with E-state index >= 15 is 0 Å². The fourth-order valence-electron chi connectivity index (χ4n) is 3.45. The molecule has 1 atom stereocenters. The van der Waals surface area contributed by atoms with Gasteiger partial charge in [0, 0.05) is 11.6 Å². The number of Topliss-reactive ketones (excluding diaryl/α,β-unsaturated/α-hetero) is 1. The third-order valence-corrected chi connectivity index (χ3v) is 7.62. The Morgan fingerprint density at radius 3 is 2.54 bits per heavy atom. The maximum atomic E-state index is 13.2. The van der Waals surface area contributed by atoms with E-state index in [9.17, 15) is 18.3 Å². The van der Waals surface area contributed by atoms with Crippen LogP contribution in [-0.2, 0) is 21.8 Å². The molecule has 1 aliphatic heterocycles. The average molecular weight is 417 g/mol. The Hall–Kier alpha value is -1.57. The SMILES string of the molecule is CCn1ncc(C(=O)C2CC(C)(C)c3c(Cl)ccc(Cl)c3S2(=O)=O)c1O. The van der Waals surface area contributed by atoms with Gasteiger partial charge in [0.1, 0.15) is 10.8 Å². The van der Waals surface area contributed by atoms with Crippen molar-refractivity contribution < 1.29 is 18.3 Å². The second-order valence-corrected chi connectivity index (χ2v) is 9.80. The zero-order valence-electron chi connectivity index (χ0n) is 14.5. The van der Waals surface area contributed by atoms with Crippen molar-refractivity contribution in [2.24, 2.45) is 0 Å². The van der Waals surface area contributed by atoms with E-state index in [1.54, 1.807) is 13.0 Å². The van der Waals surface area contributed by atoms with Gasteiger partial charge in [0.2, 0.25) is 5.88 Å². The molecule has 9 heteroatoms. The van der Waals surface area contributed by atoms with E-state index in [0.29, 0.717) is 17.1 Å². The van der Waals surface area contributed by atoms with Crippen molar-refractivity contribution in [3.63, 3.8) is 0 Å². The fourth-order valence-corrected chi connectivity index (χ4v) is 6.74. The summed E-state index contributed by atoms with van der Waals surface area (Å²) in [7, 11) is -4.08. The number of sulfone groups is 1. The zero-order chi connectivity index (χ0) is 19.4. The molecule has 26 heavy (non-hydrogen) atoms. The lowest BCUT2D eigenvalue weighted by Crippen LogP contribution is -2.42. The van der Waals surface area contributed by atoms with Crippen LogP contribution in [0.15, 0.2) is 23.2 Å². The summed E-state index contributed by atoms with van der Waals surface area (Å²) in [5.41, 5.74) is -0.388. The Labute approximate surface area is 161 Å². The first kappa shape index (κ1) is 19.2. The van der Waals surface area contributed by atoms with E-state index in [4.69, 9.17) is 23.2 Å². The van der Waals surface area contributed by atoms with Gasteiger partial charge in [-0.05, 0) is 36.5 Å². The number of aryl methyl sites for hydroxylation is 1. The Morgan fingerprint density at radius 2 is 1.96 bits per heavy atom. The first-order valence-corrected chi connectivity index (χ1v) is 10.3. The second-order valence-electron chi connectivity index (χ2n) is 6.92. The molecule has 1 aromatic heterocycles. The lowest BCUT2D eigenvalue weighted by molar-refractivity contribution is 0.0971. The number of benzene rings is 1. The maximum Gasteiger partial charge on any atom is 0.220 e. The fraction of sp³-hybridized carbons (Fsp3) is 0.412. The van der Waals surface area contributed by atoms with Crippen molar-refractivity contribution in [2.45, 2.75) is 49.3 Å². The third kappa shape index (κ3) is 2.73. The van der Waals surface area contributed by atoms with E-state index in [2.05, 4.69) is 5.10 Å². The summed E-state index contributed by atoms with van der Waals surface area (Å²) in [5.74, 6) is -1.04. The molecule has 0 saturated carbocycles. The second kappa shape index (κ2) is 6.25.